The summed E-state index contributed by atoms with van der Waals surface area (Å²) in [6.07, 6.45) is 3.52. The van der Waals surface area contributed by atoms with Crippen molar-refractivity contribution in [1.82, 2.24) is 14.8 Å². The van der Waals surface area contributed by atoms with E-state index in [1.165, 1.54) is 5.56 Å². The number of carbonyl (C=O) groups excluding carboxylic acids is 3. The predicted molar refractivity (Wildman–Crippen MR) is 131 cm³/mol. The number of amides is 4. The minimum atomic E-state index is -0.710. The molecule has 0 aliphatic carbocycles. The van der Waals surface area contributed by atoms with Gasteiger partial charge >= 0.3 is 6.03 Å². The highest BCUT2D eigenvalue weighted by molar-refractivity contribution is 6.31. The number of aryl methyl sites for hydroxylation is 1. The number of nitrogens with zero attached hydrogens (tertiary/aromatic N) is 2. The molecule has 1 N–H and O–H groups in total. The van der Waals surface area contributed by atoms with Gasteiger partial charge in [0.1, 0.15) is 5.57 Å². The summed E-state index contributed by atoms with van der Waals surface area (Å²) in [4.78, 5) is 39.3. The lowest BCUT2D eigenvalue weighted by molar-refractivity contribution is -0.130. The van der Waals surface area contributed by atoms with Crippen molar-refractivity contribution in [3.05, 3.63) is 113 Å². The molecular weight excluding hydrogens is 426 g/mol. The van der Waals surface area contributed by atoms with Gasteiger partial charge in [0.2, 0.25) is 0 Å². The summed E-state index contributed by atoms with van der Waals surface area (Å²) in [5.41, 5.74) is 4.82. The van der Waals surface area contributed by atoms with Crippen LogP contribution in [0.3, 0.4) is 0 Å². The third-order valence-electron chi connectivity index (χ3n) is 5.92. The summed E-state index contributed by atoms with van der Waals surface area (Å²) < 4.78 is 2.11. The molecule has 168 valence electrons. The number of imide groups is 2. The van der Waals surface area contributed by atoms with Crippen LogP contribution in [0.4, 0.5) is 4.79 Å². The van der Waals surface area contributed by atoms with E-state index >= 15 is 0 Å². The van der Waals surface area contributed by atoms with Crippen molar-refractivity contribution in [3.63, 3.8) is 0 Å². The number of rotatable bonds is 5. The highest BCUT2D eigenvalue weighted by Crippen LogP contribution is 2.26. The number of hydrogen-bond donors (Lipinski definition) is 1. The van der Waals surface area contributed by atoms with Crippen molar-refractivity contribution >= 4 is 34.8 Å². The number of hydrogen-bond acceptors (Lipinski definition) is 3. The van der Waals surface area contributed by atoms with E-state index in [1.807, 2.05) is 66.9 Å². The molecule has 0 unspecified atom stereocenters. The minimum Gasteiger partial charge on any atom is -0.342 e. The van der Waals surface area contributed by atoms with E-state index in [4.69, 9.17) is 0 Å². The summed E-state index contributed by atoms with van der Waals surface area (Å²) in [6.45, 7) is 2.80. The molecule has 4 aromatic rings. The Morgan fingerprint density at radius 2 is 1.56 bits per heavy atom. The van der Waals surface area contributed by atoms with Crippen molar-refractivity contribution in [2.75, 3.05) is 0 Å². The lowest BCUT2D eigenvalue weighted by Gasteiger charge is -2.26. The zero-order valence-electron chi connectivity index (χ0n) is 18.7. The number of urea groups is 1. The monoisotopic (exact) mass is 449 g/mol. The molecule has 3 aromatic carbocycles. The molecule has 1 saturated heterocycles. The fraction of sp³-hybridized carbons (Fsp3) is 0.107. The first-order valence-corrected chi connectivity index (χ1v) is 11.1. The summed E-state index contributed by atoms with van der Waals surface area (Å²) in [5.74, 6) is -1.29. The van der Waals surface area contributed by atoms with E-state index in [1.54, 1.807) is 6.08 Å². The second-order valence-corrected chi connectivity index (χ2v) is 8.41. The normalized spacial score (nSPS) is 15.3. The van der Waals surface area contributed by atoms with Gasteiger partial charge < -0.3 is 4.57 Å². The Morgan fingerprint density at radius 1 is 0.824 bits per heavy atom. The first kappa shape index (κ1) is 21.4. The quantitative estimate of drug-likeness (QED) is 0.356. The first-order valence-electron chi connectivity index (χ1n) is 11.1. The van der Waals surface area contributed by atoms with E-state index in [0.717, 1.165) is 32.5 Å². The third kappa shape index (κ3) is 4.13. The van der Waals surface area contributed by atoms with Crippen LogP contribution in [-0.4, -0.2) is 27.3 Å². The van der Waals surface area contributed by atoms with E-state index < -0.39 is 17.8 Å². The average molecular weight is 450 g/mol. The van der Waals surface area contributed by atoms with Crippen LogP contribution in [-0.2, 0) is 22.7 Å². The van der Waals surface area contributed by atoms with Crippen molar-refractivity contribution in [2.24, 2.45) is 0 Å². The largest absolute Gasteiger partial charge is 0.342 e. The van der Waals surface area contributed by atoms with E-state index in [9.17, 15) is 14.4 Å². The molecule has 5 rings (SSSR count). The second-order valence-electron chi connectivity index (χ2n) is 8.41. The minimum absolute atomic E-state index is 0.0611. The van der Waals surface area contributed by atoms with Crippen molar-refractivity contribution in [2.45, 2.75) is 20.0 Å². The van der Waals surface area contributed by atoms with Gasteiger partial charge in [0, 0.05) is 29.2 Å². The predicted octanol–water partition coefficient (Wildman–Crippen LogP) is 4.66. The average Bonchev–Trinajstić information content (AvgIpc) is 3.17. The Balaban J connectivity index is 1.52. The highest BCUT2D eigenvalue weighted by atomic mass is 16.2. The molecule has 1 fully saturated rings. The maximum Gasteiger partial charge on any atom is 0.331 e. The fourth-order valence-electron chi connectivity index (χ4n) is 4.29. The van der Waals surface area contributed by atoms with Crippen molar-refractivity contribution < 1.29 is 14.4 Å². The molecule has 0 spiro atoms. The van der Waals surface area contributed by atoms with Gasteiger partial charge in [-0.1, -0.05) is 78.4 Å². The molecule has 6 nitrogen and oxygen atoms in total. The van der Waals surface area contributed by atoms with Crippen LogP contribution < -0.4 is 5.32 Å². The standard InChI is InChI=1S/C28H23N3O3/c1-19-8-7-11-21(14-19)16-30-18-22(23-12-5-6-13-25(23)30)15-24-26(32)29-28(34)31(27(24)33)17-20-9-3-2-4-10-20/h2-15,18H,16-17H2,1H3,(H,29,32,34). The van der Waals surface area contributed by atoms with Gasteiger partial charge in [-0.3, -0.25) is 19.8 Å². The highest BCUT2D eigenvalue weighted by Gasteiger charge is 2.35. The number of nitrogens with one attached hydrogen (secondary N) is 1. The van der Waals surface area contributed by atoms with E-state index in [-0.39, 0.29) is 12.1 Å². The van der Waals surface area contributed by atoms with E-state index in [0.29, 0.717) is 6.54 Å². The molecule has 1 aliphatic heterocycles. The Morgan fingerprint density at radius 3 is 2.35 bits per heavy atom. The maximum atomic E-state index is 13.2. The second kappa shape index (κ2) is 8.83. The molecule has 2 heterocycles. The molecule has 6 heteroatoms. The Hall–Kier alpha value is -4.45. The SMILES string of the molecule is Cc1cccc(Cn2cc(C=C3C(=O)NC(=O)N(Cc4ccccc4)C3=O)c3ccccc32)c1. The number of barbiturate groups is 1. The molecule has 34 heavy (non-hydrogen) atoms. The van der Waals surface area contributed by atoms with Gasteiger partial charge in [-0.2, -0.15) is 0 Å². The van der Waals surface area contributed by atoms with Gasteiger partial charge in [-0.05, 0) is 30.2 Å². The molecular formula is C28H23N3O3. The van der Waals surface area contributed by atoms with Crippen LogP contribution in [0.2, 0.25) is 0 Å². The summed E-state index contributed by atoms with van der Waals surface area (Å²) in [6, 6.07) is 24.7. The van der Waals surface area contributed by atoms with Gasteiger partial charge in [0.15, 0.2) is 0 Å². The maximum absolute atomic E-state index is 13.2. The number of benzene rings is 3. The van der Waals surface area contributed by atoms with Gasteiger partial charge in [0.25, 0.3) is 11.8 Å². The number of para-hydroxylation sites is 1. The smallest absolute Gasteiger partial charge is 0.331 e. The van der Waals surface area contributed by atoms with Crippen molar-refractivity contribution in [3.8, 4) is 0 Å². The lowest BCUT2D eigenvalue weighted by atomic mass is 10.1. The zero-order valence-corrected chi connectivity index (χ0v) is 18.7. The number of carbonyl (C=O) groups is 3. The number of aromatic nitrogens is 1. The van der Waals surface area contributed by atoms with Crippen LogP contribution in [0.25, 0.3) is 17.0 Å². The number of fused-ring (bicyclic) bond motifs is 1. The zero-order chi connectivity index (χ0) is 23.7. The summed E-state index contributed by atoms with van der Waals surface area (Å²) >= 11 is 0. The van der Waals surface area contributed by atoms with Crippen LogP contribution >= 0.6 is 0 Å². The van der Waals surface area contributed by atoms with Crippen molar-refractivity contribution in [1.29, 1.82) is 0 Å². The first-order chi connectivity index (χ1) is 16.5. The van der Waals surface area contributed by atoms with Gasteiger partial charge in [0.05, 0.1) is 6.54 Å². The molecule has 0 bridgehead atoms. The van der Waals surface area contributed by atoms with Crippen LogP contribution in [0.5, 0.6) is 0 Å². The Kier molecular flexibility index (Phi) is 5.55. The Labute approximate surface area is 197 Å². The summed E-state index contributed by atoms with van der Waals surface area (Å²) in [7, 11) is 0. The molecule has 1 aliphatic rings. The van der Waals surface area contributed by atoms with E-state index in [2.05, 4.69) is 35.0 Å². The van der Waals surface area contributed by atoms with Gasteiger partial charge in [-0.25, -0.2) is 4.79 Å². The van der Waals surface area contributed by atoms with Gasteiger partial charge in [-0.15, -0.1) is 0 Å². The van der Waals surface area contributed by atoms with Crippen LogP contribution in [0, 0.1) is 6.92 Å². The molecule has 1 aromatic heterocycles. The fourth-order valence-corrected chi connectivity index (χ4v) is 4.29. The molecule has 0 saturated carbocycles. The topological polar surface area (TPSA) is 71.4 Å². The molecule has 0 atom stereocenters. The molecule has 4 amide bonds. The molecule has 0 radical (unpaired) electrons. The lowest BCUT2D eigenvalue weighted by Crippen LogP contribution is -2.53. The van der Waals surface area contributed by atoms with Crippen LogP contribution in [0.1, 0.15) is 22.3 Å². The summed E-state index contributed by atoms with van der Waals surface area (Å²) in [5, 5.41) is 3.23. The third-order valence-corrected chi connectivity index (χ3v) is 5.92. The Bertz CT molecular complexity index is 1450. The van der Waals surface area contributed by atoms with Crippen LogP contribution in [0.15, 0.2) is 90.6 Å².